The molecule has 2 atom stereocenters. The molecule has 1 rings (SSSR count). The van der Waals surface area contributed by atoms with Crippen LogP contribution in [0.4, 0.5) is 11.6 Å². The van der Waals surface area contributed by atoms with E-state index in [1.54, 1.807) is 6.26 Å². The summed E-state index contributed by atoms with van der Waals surface area (Å²) in [4.78, 5) is 9.09. The van der Waals surface area contributed by atoms with Gasteiger partial charge in [0.2, 0.25) is 0 Å². The Morgan fingerprint density at radius 1 is 1.29 bits per heavy atom. The number of nitrogen functional groups attached to an aromatic ring is 1. The molecule has 2 unspecified atom stereocenters. The van der Waals surface area contributed by atoms with Gasteiger partial charge in [-0.05, 0) is 20.3 Å². The first-order chi connectivity index (χ1) is 9.65. The summed E-state index contributed by atoms with van der Waals surface area (Å²) in [5.41, 5.74) is 3.35. The lowest BCUT2D eigenvalue weighted by atomic mass is 9.95. The van der Waals surface area contributed by atoms with Crippen LogP contribution < -0.4 is 16.6 Å². The number of anilines is 2. The minimum atomic E-state index is -0.779. The summed E-state index contributed by atoms with van der Waals surface area (Å²) in [6.45, 7) is 10.2. The molecule has 0 aromatic carbocycles. The van der Waals surface area contributed by atoms with E-state index < -0.39 is 10.8 Å². The first kappa shape index (κ1) is 17.8. The molecule has 0 spiro atoms. The van der Waals surface area contributed by atoms with E-state index in [4.69, 9.17) is 5.84 Å². The molecule has 0 bridgehead atoms. The Labute approximate surface area is 129 Å². The van der Waals surface area contributed by atoms with E-state index in [0.717, 1.165) is 23.6 Å². The number of nitrogens with zero attached hydrogens (tertiary/aromatic N) is 2. The molecule has 1 aromatic rings. The standard InChI is InChI=1S/C14H27N5OS/c1-9(7-8-21(6)20)16-11-10(2)12(19-15)18-13(17-11)14(3,4)5/h9H,7-8,15H2,1-6H3,(H2,16,17,18,19). The quantitative estimate of drug-likeness (QED) is 0.549. The fourth-order valence-corrected chi connectivity index (χ4v) is 2.47. The van der Waals surface area contributed by atoms with Crippen molar-refractivity contribution in [2.75, 3.05) is 22.8 Å². The molecule has 7 heteroatoms. The molecule has 0 saturated heterocycles. The summed E-state index contributed by atoms with van der Waals surface area (Å²) in [7, 11) is -0.779. The van der Waals surface area contributed by atoms with Crippen LogP contribution >= 0.6 is 0 Å². The highest BCUT2D eigenvalue weighted by Crippen LogP contribution is 2.26. The van der Waals surface area contributed by atoms with Crippen LogP contribution in [-0.2, 0) is 16.2 Å². The van der Waals surface area contributed by atoms with Crippen molar-refractivity contribution in [3.8, 4) is 0 Å². The van der Waals surface area contributed by atoms with Gasteiger partial charge in [-0.2, -0.15) is 0 Å². The number of nitrogens with two attached hydrogens (primary N) is 1. The molecule has 21 heavy (non-hydrogen) atoms. The Morgan fingerprint density at radius 2 is 1.86 bits per heavy atom. The van der Waals surface area contributed by atoms with Gasteiger partial charge in [0.1, 0.15) is 17.5 Å². The lowest BCUT2D eigenvalue weighted by Crippen LogP contribution is -2.24. The molecule has 0 amide bonds. The van der Waals surface area contributed by atoms with Gasteiger partial charge in [0, 0.05) is 39.8 Å². The Hall–Kier alpha value is -1.21. The van der Waals surface area contributed by atoms with Crippen molar-refractivity contribution in [1.82, 2.24) is 9.97 Å². The number of hydrazine groups is 1. The highest BCUT2D eigenvalue weighted by atomic mass is 32.2. The molecule has 1 heterocycles. The van der Waals surface area contributed by atoms with E-state index in [0.29, 0.717) is 11.6 Å². The zero-order chi connectivity index (χ0) is 16.2. The number of hydrogen-bond acceptors (Lipinski definition) is 6. The third-order valence-electron chi connectivity index (χ3n) is 3.17. The van der Waals surface area contributed by atoms with Crippen molar-refractivity contribution in [3.63, 3.8) is 0 Å². The smallest absolute Gasteiger partial charge is 0.148 e. The molecule has 1 aromatic heterocycles. The van der Waals surface area contributed by atoms with Crippen LogP contribution in [0.25, 0.3) is 0 Å². The highest BCUT2D eigenvalue weighted by Gasteiger charge is 2.21. The molecule has 0 radical (unpaired) electrons. The molecular weight excluding hydrogens is 286 g/mol. The zero-order valence-corrected chi connectivity index (χ0v) is 14.6. The van der Waals surface area contributed by atoms with Gasteiger partial charge in [0.05, 0.1) is 0 Å². The minimum Gasteiger partial charge on any atom is -0.367 e. The summed E-state index contributed by atoms with van der Waals surface area (Å²) in [5.74, 6) is 8.36. The number of aromatic nitrogens is 2. The Bertz CT molecular complexity index is 513. The molecule has 0 aliphatic heterocycles. The van der Waals surface area contributed by atoms with Crippen molar-refractivity contribution in [1.29, 1.82) is 0 Å². The molecular formula is C14H27N5OS. The molecule has 4 N–H and O–H groups in total. The SMILES string of the molecule is Cc1c(NN)nc(C(C)(C)C)nc1NC(C)CCS(C)=O. The number of hydrogen-bond donors (Lipinski definition) is 3. The van der Waals surface area contributed by atoms with Crippen molar-refractivity contribution in [2.45, 2.75) is 52.5 Å². The van der Waals surface area contributed by atoms with Crippen LogP contribution in [0.5, 0.6) is 0 Å². The second kappa shape index (κ2) is 7.17. The lowest BCUT2D eigenvalue weighted by Gasteiger charge is -2.22. The van der Waals surface area contributed by atoms with E-state index in [1.807, 2.05) is 6.92 Å². The van der Waals surface area contributed by atoms with Crippen LogP contribution in [0.15, 0.2) is 0 Å². The fraction of sp³-hybridized carbons (Fsp3) is 0.714. The van der Waals surface area contributed by atoms with Crippen molar-refractivity contribution in [2.24, 2.45) is 5.84 Å². The normalized spacial score (nSPS) is 14.6. The molecule has 0 aliphatic carbocycles. The molecule has 6 nitrogen and oxygen atoms in total. The van der Waals surface area contributed by atoms with E-state index in [1.165, 1.54) is 0 Å². The van der Waals surface area contributed by atoms with E-state index in [-0.39, 0.29) is 11.5 Å². The van der Waals surface area contributed by atoms with Gasteiger partial charge >= 0.3 is 0 Å². The van der Waals surface area contributed by atoms with Gasteiger partial charge in [-0.15, -0.1) is 0 Å². The minimum absolute atomic E-state index is 0.163. The first-order valence-corrected chi connectivity index (χ1v) is 8.80. The summed E-state index contributed by atoms with van der Waals surface area (Å²) >= 11 is 0. The van der Waals surface area contributed by atoms with Gasteiger partial charge in [0.15, 0.2) is 0 Å². The van der Waals surface area contributed by atoms with Gasteiger partial charge in [-0.1, -0.05) is 20.8 Å². The summed E-state index contributed by atoms with van der Waals surface area (Å²) < 4.78 is 11.2. The second-order valence-corrected chi connectivity index (χ2v) is 7.93. The number of nitrogens with one attached hydrogen (secondary N) is 2. The Balaban J connectivity index is 3.02. The van der Waals surface area contributed by atoms with Crippen LogP contribution in [0, 0.1) is 6.92 Å². The molecule has 0 saturated carbocycles. The molecule has 0 aliphatic rings. The highest BCUT2D eigenvalue weighted by molar-refractivity contribution is 7.84. The fourth-order valence-electron chi connectivity index (χ4n) is 1.78. The maximum absolute atomic E-state index is 11.2. The van der Waals surface area contributed by atoms with Crippen molar-refractivity contribution in [3.05, 3.63) is 11.4 Å². The topological polar surface area (TPSA) is 92.9 Å². The molecule has 0 fully saturated rings. The van der Waals surface area contributed by atoms with Gasteiger partial charge in [-0.3, -0.25) is 4.21 Å². The Kier molecular flexibility index (Phi) is 6.10. The number of rotatable bonds is 6. The van der Waals surface area contributed by atoms with Crippen LogP contribution in [0.3, 0.4) is 0 Å². The molecule has 120 valence electrons. The van der Waals surface area contributed by atoms with Crippen molar-refractivity contribution >= 4 is 22.4 Å². The predicted molar refractivity (Wildman–Crippen MR) is 89.9 cm³/mol. The summed E-state index contributed by atoms with van der Waals surface area (Å²) in [6, 6.07) is 0.181. The maximum Gasteiger partial charge on any atom is 0.148 e. The summed E-state index contributed by atoms with van der Waals surface area (Å²) in [5, 5.41) is 3.37. The van der Waals surface area contributed by atoms with Crippen LogP contribution in [0.2, 0.25) is 0 Å². The average molecular weight is 313 g/mol. The van der Waals surface area contributed by atoms with E-state index >= 15 is 0 Å². The lowest BCUT2D eigenvalue weighted by molar-refractivity contribution is 0.545. The first-order valence-electron chi connectivity index (χ1n) is 7.07. The van der Waals surface area contributed by atoms with Gasteiger partial charge in [0.25, 0.3) is 0 Å². The zero-order valence-electron chi connectivity index (χ0n) is 13.8. The third kappa shape index (κ3) is 5.24. The van der Waals surface area contributed by atoms with E-state index in [9.17, 15) is 4.21 Å². The monoisotopic (exact) mass is 313 g/mol. The van der Waals surface area contributed by atoms with E-state index in [2.05, 4.69) is 48.4 Å². The third-order valence-corrected chi connectivity index (χ3v) is 3.99. The van der Waals surface area contributed by atoms with Crippen LogP contribution in [-0.4, -0.2) is 32.2 Å². The Morgan fingerprint density at radius 3 is 2.33 bits per heavy atom. The van der Waals surface area contributed by atoms with Gasteiger partial charge in [-0.25, -0.2) is 15.8 Å². The maximum atomic E-state index is 11.2. The van der Waals surface area contributed by atoms with Gasteiger partial charge < -0.3 is 10.7 Å². The average Bonchev–Trinajstić information content (AvgIpc) is 2.37. The predicted octanol–water partition coefficient (Wildman–Crippen LogP) is 1.94. The summed E-state index contributed by atoms with van der Waals surface area (Å²) in [6.07, 6.45) is 2.54. The van der Waals surface area contributed by atoms with Crippen molar-refractivity contribution < 1.29 is 4.21 Å². The largest absolute Gasteiger partial charge is 0.367 e. The second-order valence-electron chi connectivity index (χ2n) is 6.38. The van der Waals surface area contributed by atoms with Crippen LogP contribution in [0.1, 0.15) is 45.5 Å².